The Morgan fingerprint density at radius 1 is 1.15 bits per heavy atom. The highest BCUT2D eigenvalue weighted by Gasteiger charge is 2.53. The van der Waals surface area contributed by atoms with Crippen molar-refractivity contribution in [1.29, 1.82) is 0 Å². The molecule has 7 rings (SSSR count). The number of aromatic nitrogens is 2. The number of aliphatic carboxylic acids is 1. The highest BCUT2D eigenvalue weighted by molar-refractivity contribution is 8.00. The van der Waals surface area contributed by atoms with Gasteiger partial charge in [0.2, 0.25) is 5.92 Å². The van der Waals surface area contributed by atoms with Crippen molar-refractivity contribution in [2.75, 3.05) is 25.4 Å². The molecule has 0 radical (unpaired) electrons. The number of carboxylic acid groups (broad SMARTS) is 1. The van der Waals surface area contributed by atoms with Crippen LogP contribution in [0.5, 0.6) is 0 Å². The Hall–Kier alpha value is -1.27. The number of alkyl halides is 3. The summed E-state index contributed by atoms with van der Waals surface area (Å²) in [6.45, 7) is 6.64. The minimum Gasteiger partial charge on any atom is -0.481 e. The predicted octanol–water partition coefficient (Wildman–Crippen LogP) is 4.90. The third-order valence-electron chi connectivity index (χ3n) is 12.4. The number of fused-ring (bicyclic) bond motifs is 2. The molecule has 8 nitrogen and oxygen atoms in total. The molecule has 4 heterocycles. The first kappa shape index (κ1) is 33.2. The van der Waals surface area contributed by atoms with E-state index in [0.29, 0.717) is 44.1 Å². The molecule has 1 aromatic rings. The largest absolute Gasteiger partial charge is 0.481 e. The van der Waals surface area contributed by atoms with Gasteiger partial charge in [0.1, 0.15) is 5.82 Å². The molecular weight excluding hydrogens is 634 g/mol. The quantitative estimate of drug-likeness (QED) is 0.393. The van der Waals surface area contributed by atoms with Gasteiger partial charge in [-0.05, 0) is 88.9 Å². The number of carboxylic acids is 1. The minimum atomic E-state index is -2.51. The van der Waals surface area contributed by atoms with Crippen LogP contribution in [-0.2, 0) is 28.9 Å². The van der Waals surface area contributed by atoms with E-state index in [1.165, 1.54) is 0 Å². The number of thioether (sulfide) groups is 1. The van der Waals surface area contributed by atoms with Crippen molar-refractivity contribution in [2.45, 2.75) is 132 Å². The molecule has 46 heavy (non-hydrogen) atoms. The van der Waals surface area contributed by atoms with Crippen molar-refractivity contribution >= 4 is 29.3 Å². The van der Waals surface area contributed by atoms with Crippen LogP contribution in [0.2, 0.25) is 0 Å². The molecular formula is C34H49ClF2N4O4S. The van der Waals surface area contributed by atoms with Gasteiger partial charge in [-0.3, -0.25) is 19.1 Å². The standard InChI is InChI=1S/C34H49ClF2N4O4S/c1-19-13-24(30-29(38-19)26(16-46-30)32(43)44)23-14-21(35)3-6-28(23)45-12-11-41-20(2)39-27-5-4-22(15-25(27)31(41)42)40-17-33(18-40)7-9-34(36,37)10-8-33/h19,21-24,26,28-30,38H,3-18H2,1-2H3,(H,43,44)/t19?,21?,22-,23?,24?,26?,28?,29?,30?/m0/s1. The lowest BCUT2D eigenvalue weighted by atomic mass is 9.66. The first-order valence-corrected chi connectivity index (χ1v) is 19.0. The van der Waals surface area contributed by atoms with Crippen LogP contribution < -0.4 is 10.9 Å². The van der Waals surface area contributed by atoms with Gasteiger partial charge in [0.25, 0.3) is 5.56 Å². The molecule has 0 aromatic carbocycles. The minimum absolute atomic E-state index is 0.000610. The van der Waals surface area contributed by atoms with E-state index in [2.05, 4.69) is 17.1 Å². The average Bonchev–Trinajstić information content (AvgIpc) is 3.42. The van der Waals surface area contributed by atoms with Crippen LogP contribution in [0.3, 0.4) is 0 Å². The summed E-state index contributed by atoms with van der Waals surface area (Å²) in [6.07, 6.45) is 7.22. The molecule has 0 bridgehead atoms. The van der Waals surface area contributed by atoms with Crippen LogP contribution in [0.4, 0.5) is 8.78 Å². The molecule has 1 aromatic heterocycles. The second kappa shape index (κ2) is 12.9. The molecule has 12 heteroatoms. The van der Waals surface area contributed by atoms with Gasteiger partial charge in [0, 0.05) is 66.0 Å². The van der Waals surface area contributed by atoms with Crippen LogP contribution in [0, 0.1) is 30.1 Å². The van der Waals surface area contributed by atoms with Crippen molar-refractivity contribution in [2.24, 2.45) is 23.2 Å². The van der Waals surface area contributed by atoms with Crippen molar-refractivity contribution in [3.05, 3.63) is 27.4 Å². The smallest absolute Gasteiger partial charge is 0.308 e. The van der Waals surface area contributed by atoms with Crippen molar-refractivity contribution in [3.8, 4) is 0 Å². The summed E-state index contributed by atoms with van der Waals surface area (Å²) >= 11 is 8.53. The molecule has 5 fully saturated rings. The van der Waals surface area contributed by atoms with Crippen LogP contribution in [0.25, 0.3) is 0 Å². The average molecular weight is 683 g/mol. The Balaban J connectivity index is 0.994. The number of nitrogens with one attached hydrogen (secondary N) is 1. The van der Waals surface area contributed by atoms with E-state index in [1.54, 1.807) is 16.3 Å². The van der Waals surface area contributed by atoms with Gasteiger partial charge in [0.15, 0.2) is 0 Å². The molecule has 6 aliphatic rings. The highest BCUT2D eigenvalue weighted by Crippen LogP contribution is 2.50. The maximum Gasteiger partial charge on any atom is 0.308 e. The van der Waals surface area contributed by atoms with E-state index in [9.17, 15) is 23.5 Å². The fourth-order valence-electron chi connectivity index (χ4n) is 9.83. The number of ether oxygens (including phenoxy) is 1. The second-order valence-corrected chi connectivity index (χ2v) is 17.2. The van der Waals surface area contributed by atoms with Crippen LogP contribution in [0.15, 0.2) is 4.79 Å². The zero-order valence-corrected chi connectivity index (χ0v) is 28.6. The Kier molecular flexibility index (Phi) is 9.31. The Morgan fingerprint density at radius 3 is 2.65 bits per heavy atom. The summed E-state index contributed by atoms with van der Waals surface area (Å²) < 4.78 is 35.9. The summed E-state index contributed by atoms with van der Waals surface area (Å²) in [5, 5.41) is 13.8. The predicted molar refractivity (Wildman–Crippen MR) is 175 cm³/mol. The maximum atomic E-state index is 13.8. The molecule has 0 amide bonds. The fraction of sp³-hybridized carbons (Fsp3) is 0.853. The van der Waals surface area contributed by atoms with Crippen LogP contribution in [0.1, 0.15) is 81.8 Å². The van der Waals surface area contributed by atoms with E-state index in [0.717, 1.165) is 68.7 Å². The zero-order valence-electron chi connectivity index (χ0n) is 27.1. The second-order valence-electron chi connectivity index (χ2n) is 15.4. The molecule has 1 spiro atoms. The summed E-state index contributed by atoms with van der Waals surface area (Å²) in [5.41, 5.74) is 1.78. The van der Waals surface area contributed by atoms with Gasteiger partial charge in [-0.25, -0.2) is 13.8 Å². The van der Waals surface area contributed by atoms with Gasteiger partial charge >= 0.3 is 5.97 Å². The Bertz CT molecular complexity index is 1360. The number of hydrogen-bond acceptors (Lipinski definition) is 7. The third-order valence-corrected chi connectivity index (χ3v) is 14.4. The first-order chi connectivity index (χ1) is 21.9. The highest BCUT2D eigenvalue weighted by atomic mass is 35.5. The van der Waals surface area contributed by atoms with Gasteiger partial charge in [-0.2, -0.15) is 11.8 Å². The van der Waals surface area contributed by atoms with Gasteiger partial charge in [0.05, 0.1) is 30.9 Å². The molecule has 256 valence electrons. The molecule has 2 saturated carbocycles. The van der Waals surface area contributed by atoms with E-state index < -0.39 is 11.9 Å². The number of piperidine rings is 1. The molecule has 8 unspecified atom stereocenters. The van der Waals surface area contributed by atoms with Gasteiger partial charge < -0.3 is 15.2 Å². The molecule has 3 saturated heterocycles. The number of halogens is 3. The Morgan fingerprint density at radius 2 is 1.91 bits per heavy atom. The van der Waals surface area contributed by atoms with Crippen molar-refractivity contribution in [1.82, 2.24) is 19.8 Å². The summed E-state index contributed by atoms with van der Waals surface area (Å²) in [5.74, 6) is -1.66. The number of carbonyl (C=O) groups is 1. The lowest BCUT2D eigenvalue weighted by Gasteiger charge is -2.56. The number of nitrogens with zero attached hydrogens (tertiary/aromatic N) is 3. The molecule has 2 N–H and O–H groups in total. The number of hydrogen-bond donors (Lipinski definition) is 2. The lowest BCUT2D eigenvalue weighted by molar-refractivity contribution is -0.142. The maximum absolute atomic E-state index is 13.8. The molecule has 3 aliphatic heterocycles. The normalized spacial score (nSPS) is 38.6. The third kappa shape index (κ3) is 6.41. The Labute approximate surface area is 279 Å². The SMILES string of the molecule is Cc1nc2c(c(=O)n1CCOC1CCC(Cl)CC1C1CC(C)NC3C(C(=O)O)CSC13)C[C@@H](N1CC3(CCC(F)(F)CC3)C1)CC2. The topological polar surface area (TPSA) is 96.7 Å². The first-order valence-electron chi connectivity index (χ1n) is 17.5. The fourth-order valence-corrected chi connectivity index (χ4v) is 12.0. The molecule has 9 atom stereocenters. The van der Waals surface area contributed by atoms with Crippen LogP contribution in [-0.4, -0.2) is 91.8 Å². The van der Waals surface area contributed by atoms with Crippen LogP contribution >= 0.6 is 23.4 Å². The van der Waals surface area contributed by atoms with Crippen molar-refractivity contribution in [3.63, 3.8) is 0 Å². The van der Waals surface area contributed by atoms with Crippen molar-refractivity contribution < 1.29 is 23.4 Å². The molecule has 3 aliphatic carbocycles. The van der Waals surface area contributed by atoms with Gasteiger partial charge in [-0.15, -0.1) is 11.6 Å². The van der Waals surface area contributed by atoms with Gasteiger partial charge in [-0.1, -0.05) is 0 Å². The van der Waals surface area contributed by atoms with E-state index >= 15 is 0 Å². The summed E-state index contributed by atoms with van der Waals surface area (Å²) in [4.78, 5) is 33.1. The van der Waals surface area contributed by atoms with E-state index in [4.69, 9.17) is 21.3 Å². The zero-order chi connectivity index (χ0) is 32.4. The number of aryl methyl sites for hydroxylation is 2. The summed E-state index contributed by atoms with van der Waals surface area (Å²) in [6, 6.07) is 0.469. The summed E-state index contributed by atoms with van der Waals surface area (Å²) in [7, 11) is 0. The van der Waals surface area contributed by atoms with E-state index in [-0.39, 0.29) is 70.5 Å². The number of rotatable bonds is 7. The lowest BCUT2D eigenvalue weighted by Crippen LogP contribution is -2.62. The number of likely N-dealkylation sites (tertiary alicyclic amines) is 1. The van der Waals surface area contributed by atoms with E-state index in [1.807, 2.05) is 6.92 Å². The monoisotopic (exact) mass is 682 g/mol.